The van der Waals surface area contributed by atoms with Crippen LogP contribution in [0.4, 0.5) is 0 Å². The van der Waals surface area contributed by atoms with E-state index in [1.54, 1.807) is 0 Å². The van der Waals surface area contributed by atoms with Gasteiger partial charge in [0.25, 0.3) is 0 Å². The average molecular weight is 197 g/mol. The maximum atomic E-state index is 5.64. The molecule has 70 valence electrons. The summed E-state index contributed by atoms with van der Waals surface area (Å²) in [7, 11) is 0. The van der Waals surface area contributed by atoms with Gasteiger partial charge in [-0.1, -0.05) is 12.1 Å². The Kier molecular flexibility index (Phi) is 2.74. The number of hydrogen-bond donors (Lipinski definition) is 0. The van der Waals surface area contributed by atoms with Crippen LogP contribution in [0.2, 0.25) is 0 Å². The van der Waals surface area contributed by atoms with Crippen molar-refractivity contribution in [1.29, 1.82) is 0 Å². The molecule has 2 rings (SSSR count). The number of benzene rings is 1. The minimum Gasteiger partial charge on any atom is -0.490 e. The monoisotopic (exact) mass is 196 g/mol. The Morgan fingerprint density at radius 3 is 2.46 bits per heavy atom. The Labute approximate surface area is 83.7 Å². The van der Waals surface area contributed by atoms with E-state index in [1.165, 1.54) is 18.4 Å². The molecule has 0 heterocycles. The van der Waals surface area contributed by atoms with E-state index in [0.29, 0.717) is 12.0 Å². The summed E-state index contributed by atoms with van der Waals surface area (Å²) < 4.78 is 5.63. The van der Waals surface area contributed by atoms with Gasteiger partial charge in [-0.15, -0.1) is 11.6 Å². The van der Waals surface area contributed by atoms with Crippen LogP contribution in [0.1, 0.15) is 18.4 Å². The standard InChI is InChI=1S/C11H13ClO/c12-8-7-9-1-3-10(4-2-9)13-11-5-6-11/h1-4,11H,5-8H2. The smallest absolute Gasteiger partial charge is 0.119 e. The fraction of sp³-hybridized carbons (Fsp3) is 0.455. The van der Waals surface area contributed by atoms with Gasteiger partial charge < -0.3 is 4.74 Å². The van der Waals surface area contributed by atoms with Crippen LogP contribution in [0, 0.1) is 0 Å². The van der Waals surface area contributed by atoms with Crippen LogP contribution in [0.5, 0.6) is 5.75 Å². The first-order valence-corrected chi connectivity index (χ1v) is 5.23. The van der Waals surface area contributed by atoms with E-state index in [-0.39, 0.29) is 0 Å². The number of halogens is 1. The molecule has 1 saturated carbocycles. The molecule has 1 nitrogen and oxygen atoms in total. The Hall–Kier alpha value is -0.690. The summed E-state index contributed by atoms with van der Waals surface area (Å²) in [5.41, 5.74) is 1.28. The second kappa shape index (κ2) is 4.01. The molecule has 0 aliphatic heterocycles. The van der Waals surface area contributed by atoms with Crippen LogP contribution < -0.4 is 4.74 Å². The molecule has 0 spiro atoms. The lowest BCUT2D eigenvalue weighted by Crippen LogP contribution is -1.95. The summed E-state index contributed by atoms with van der Waals surface area (Å²) in [5, 5.41) is 0. The quantitative estimate of drug-likeness (QED) is 0.673. The highest BCUT2D eigenvalue weighted by atomic mass is 35.5. The van der Waals surface area contributed by atoms with Crippen molar-refractivity contribution in [2.24, 2.45) is 0 Å². The van der Waals surface area contributed by atoms with Crippen molar-refractivity contribution in [2.45, 2.75) is 25.4 Å². The van der Waals surface area contributed by atoms with Gasteiger partial charge >= 0.3 is 0 Å². The highest BCUT2D eigenvalue weighted by Crippen LogP contribution is 2.26. The van der Waals surface area contributed by atoms with E-state index in [2.05, 4.69) is 12.1 Å². The summed E-state index contributed by atoms with van der Waals surface area (Å²) in [5.74, 6) is 1.67. The van der Waals surface area contributed by atoms with Crippen molar-refractivity contribution in [3.63, 3.8) is 0 Å². The van der Waals surface area contributed by atoms with Crippen LogP contribution in [-0.4, -0.2) is 12.0 Å². The third-order valence-corrected chi connectivity index (χ3v) is 2.32. The largest absolute Gasteiger partial charge is 0.490 e. The van der Waals surface area contributed by atoms with Gasteiger partial charge in [-0.05, 0) is 37.0 Å². The van der Waals surface area contributed by atoms with Crippen LogP contribution in [-0.2, 0) is 6.42 Å². The topological polar surface area (TPSA) is 9.23 Å². The van der Waals surface area contributed by atoms with Crippen LogP contribution in [0.25, 0.3) is 0 Å². The molecule has 0 aromatic heterocycles. The number of ether oxygens (including phenoxy) is 1. The van der Waals surface area contributed by atoms with Crippen LogP contribution in [0.3, 0.4) is 0 Å². The molecule has 0 radical (unpaired) electrons. The average Bonchev–Trinajstić information content (AvgIpc) is 2.93. The fourth-order valence-electron chi connectivity index (χ4n) is 1.22. The van der Waals surface area contributed by atoms with Gasteiger partial charge in [0.2, 0.25) is 0 Å². The molecule has 0 bridgehead atoms. The molecular weight excluding hydrogens is 184 g/mol. The molecular formula is C11H13ClO. The van der Waals surface area contributed by atoms with Crippen molar-refractivity contribution in [1.82, 2.24) is 0 Å². The van der Waals surface area contributed by atoms with E-state index in [9.17, 15) is 0 Å². The fourth-order valence-corrected chi connectivity index (χ4v) is 1.44. The SMILES string of the molecule is ClCCc1ccc(OC2CC2)cc1. The maximum absolute atomic E-state index is 5.64. The predicted octanol–water partition coefficient (Wildman–Crippen LogP) is 3.01. The summed E-state index contributed by atoms with van der Waals surface area (Å²) in [6, 6.07) is 8.22. The molecule has 0 N–H and O–H groups in total. The van der Waals surface area contributed by atoms with Gasteiger partial charge in [-0.2, -0.15) is 0 Å². The van der Waals surface area contributed by atoms with E-state index in [4.69, 9.17) is 16.3 Å². The van der Waals surface area contributed by atoms with Crippen molar-refractivity contribution < 1.29 is 4.74 Å². The molecule has 1 aliphatic carbocycles. The first-order chi connectivity index (χ1) is 6.38. The van der Waals surface area contributed by atoms with Crippen molar-refractivity contribution in [3.8, 4) is 5.75 Å². The Balaban J connectivity index is 1.95. The molecule has 13 heavy (non-hydrogen) atoms. The molecule has 1 aliphatic rings. The summed E-state index contributed by atoms with van der Waals surface area (Å²) in [4.78, 5) is 0. The van der Waals surface area contributed by atoms with Crippen molar-refractivity contribution in [2.75, 3.05) is 5.88 Å². The van der Waals surface area contributed by atoms with Crippen LogP contribution >= 0.6 is 11.6 Å². The lowest BCUT2D eigenvalue weighted by molar-refractivity contribution is 0.303. The molecule has 0 atom stereocenters. The predicted molar refractivity (Wildman–Crippen MR) is 54.5 cm³/mol. The lowest BCUT2D eigenvalue weighted by Gasteiger charge is -2.04. The summed E-state index contributed by atoms with van der Waals surface area (Å²) in [6.07, 6.45) is 3.84. The van der Waals surface area contributed by atoms with Crippen LogP contribution in [0.15, 0.2) is 24.3 Å². The van der Waals surface area contributed by atoms with Crippen molar-refractivity contribution in [3.05, 3.63) is 29.8 Å². The number of rotatable bonds is 4. The first kappa shape index (κ1) is 8.89. The number of aryl methyl sites for hydroxylation is 1. The van der Waals surface area contributed by atoms with Crippen molar-refractivity contribution >= 4 is 11.6 Å². The Bertz CT molecular complexity index is 264. The van der Waals surface area contributed by atoms with Gasteiger partial charge in [0.15, 0.2) is 0 Å². The van der Waals surface area contributed by atoms with E-state index in [1.807, 2.05) is 12.1 Å². The molecule has 1 fully saturated rings. The highest BCUT2D eigenvalue weighted by Gasteiger charge is 2.23. The van der Waals surface area contributed by atoms with E-state index in [0.717, 1.165) is 12.2 Å². The highest BCUT2D eigenvalue weighted by molar-refractivity contribution is 6.17. The third-order valence-electron chi connectivity index (χ3n) is 2.13. The summed E-state index contributed by atoms with van der Waals surface area (Å²) in [6.45, 7) is 0. The van der Waals surface area contributed by atoms with E-state index < -0.39 is 0 Å². The summed E-state index contributed by atoms with van der Waals surface area (Å²) >= 11 is 5.64. The third kappa shape index (κ3) is 2.63. The molecule has 0 unspecified atom stereocenters. The first-order valence-electron chi connectivity index (χ1n) is 4.70. The lowest BCUT2D eigenvalue weighted by atomic mass is 10.2. The zero-order valence-corrected chi connectivity index (χ0v) is 8.26. The molecule has 1 aromatic carbocycles. The second-order valence-corrected chi connectivity index (χ2v) is 3.78. The minimum atomic E-state index is 0.485. The Morgan fingerprint density at radius 2 is 1.92 bits per heavy atom. The normalized spacial score (nSPS) is 15.8. The molecule has 0 amide bonds. The van der Waals surface area contributed by atoms with Gasteiger partial charge in [0, 0.05) is 5.88 Å². The second-order valence-electron chi connectivity index (χ2n) is 3.40. The minimum absolute atomic E-state index is 0.485. The van der Waals surface area contributed by atoms with Gasteiger partial charge in [0.05, 0.1) is 6.10 Å². The van der Waals surface area contributed by atoms with Gasteiger partial charge in [-0.25, -0.2) is 0 Å². The number of alkyl halides is 1. The number of hydrogen-bond acceptors (Lipinski definition) is 1. The zero-order chi connectivity index (χ0) is 9.10. The zero-order valence-electron chi connectivity index (χ0n) is 7.50. The molecule has 0 saturated heterocycles. The maximum Gasteiger partial charge on any atom is 0.119 e. The molecule has 1 aromatic rings. The Morgan fingerprint density at radius 1 is 1.23 bits per heavy atom. The van der Waals surface area contributed by atoms with E-state index >= 15 is 0 Å². The molecule has 2 heteroatoms. The van der Waals surface area contributed by atoms with Gasteiger partial charge in [-0.3, -0.25) is 0 Å². The van der Waals surface area contributed by atoms with Gasteiger partial charge in [0.1, 0.15) is 5.75 Å².